The van der Waals surface area contributed by atoms with E-state index in [1.807, 2.05) is 19.1 Å². The molecule has 0 aromatic carbocycles. The maximum absolute atomic E-state index is 9.35. The molecule has 0 aliphatic carbocycles. The molecular weight excluding hydrogens is 162 g/mol. The first-order valence-electron chi connectivity index (χ1n) is 4.15. The predicted octanol–water partition coefficient (Wildman–Crippen LogP) is 1.51. The normalized spacial score (nSPS) is 10.5. The van der Waals surface area contributed by atoms with E-state index in [-0.39, 0.29) is 0 Å². The number of pyridine rings is 1. The summed E-state index contributed by atoms with van der Waals surface area (Å²) < 4.78 is 0. The van der Waals surface area contributed by atoms with E-state index in [9.17, 15) is 5.11 Å². The maximum atomic E-state index is 9.35. The molecule has 1 aromatic heterocycles. The molecule has 1 aromatic rings. The molecule has 0 aliphatic heterocycles. The molecular formula is C11H13NO. The van der Waals surface area contributed by atoms with Gasteiger partial charge >= 0.3 is 0 Å². The minimum absolute atomic E-state index is 0.696. The third kappa shape index (κ3) is 3.73. The average Bonchev–Trinajstić information content (AvgIpc) is 2.00. The van der Waals surface area contributed by atoms with E-state index in [2.05, 4.69) is 16.8 Å². The van der Waals surface area contributed by atoms with Gasteiger partial charge in [0.1, 0.15) is 11.3 Å². The molecule has 13 heavy (non-hydrogen) atoms. The topological polar surface area (TPSA) is 33.1 Å². The largest absolute Gasteiger partial charge is 0.378 e. The minimum Gasteiger partial charge on any atom is -0.378 e. The molecule has 0 amide bonds. The van der Waals surface area contributed by atoms with E-state index in [0.717, 1.165) is 5.56 Å². The average molecular weight is 175 g/mol. The van der Waals surface area contributed by atoms with Gasteiger partial charge in [0.2, 0.25) is 0 Å². The van der Waals surface area contributed by atoms with Crippen molar-refractivity contribution in [3.05, 3.63) is 29.6 Å². The zero-order valence-corrected chi connectivity index (χ0v) is 8.13. The van der Waals surface area contributed by atoms with Crippen molar-refractivity contribution >= 4 is 0 Å². The molecule has 0 spiro atoms. The smallest absolute Gasteiger partial charge is 0.120 e. The zero-order valence-electron chi connectivity index (χ0n) is 8.13. The van der Waals surface area contributed by atoms with Gasteiger partial charge in [-0.3, -0.25) is 0 Å². The van der Waals surface area contributed by atoms with Crippen molar-refractivity contribution in [2.24, 2.45) is 0 Å². The van der Waals surface area contributed by atoms with Gasteiger partial charge in [0.15, 0.2) is 0 Å². The van der Waals surface area contributed by atoms with Gasteiger partial charge in [0.25, 0.3) is 0 Å². The van der Waals surface area contributed by atoms with Crippen LogP contribution in [0.1, 0.15) is 25.1 Å². The standard InChI is InChI=1S/C11H13NO/c1-9-5-7-12-10(8-9)4-6-11(2,3)13/h5,7-8,13H,1-3H3. The number of aryl methyl sites for hydroxylation is 1. The molecule has 0 aliphatic rings. The Balaban J connectivity index is 2.90. The highest BCUT2D eigenvalue weighted by molar-refractivity contribution is 5.32. The van der Waals surface area contributed by atoms with E-state index in [4.69, 9.17) is 0 Å². The molecule has 2 heteroatoms. The minimum atomic E-state index is -0.953. The number of hydrogen-bond acceptors (Lipinski definition) is 2. The summed E-state index contributed by atoms with van der Waals surface area (Å²) in [6, 6.07) is 3.80. The Morgan fingerprint density at radius 2 is 2.15 bits per heavy atom. The SMILES string of the molecule is Cc1ccnc(C#CC(C)(C)O)c1. The lowest BCUT2D eigenvalue weighted by molar-refractivity contribution is 0.143. The summed E-state index contributed by atoms with van der Waals surface area (Å²) in [4.78, 5) is 4.06. The lowest BCUT2D eigenvalue weighted by atomic mass is 10.1. The Morgan fingerprint density at radius 1 is 1.46 bits per heavy atom. The Bertz CT molecular complexity index is 352. The first-order chi connectivity index (χ1) is 5.97. The van der Waals surface area contributed by atoms with Crippen LogP contribution in [-0.4, -0.2) is 15.7 Å². The summed E-state index contributed by atoms with van der Waals surface area (Å²) in [6.07, 6.45) is 1.71. The van der Waals surface area contributed by atoms with Crippen LogP contribution in [0, 0.1) is 18.8 Å². The fraction of sp³-hybridized carbons (Fsp3) is 0.364. The Hall–Kier alpha value is -1.33. The van der Waals surface area contributed by atoms with E-state index < -0.39 is 5.60 Å². The van der Waals surface area contributed by atoms with Gasteiger partial charge in [-0.15, -0.1) is 0 Å². The Morgan fingerprint density at radius 3 is 2.69 bits per heavy atom. The Labute approximate surface area is 78.6 Å². The van der Waals surface area contributed by atoms with Gasteiger partial charge in [-0.25, -0.2) is 4.98 Å². The van der Waals surface area contributed by atoms with Crippen LogP contribution >= 0.6 is 0 Å². The van der Waals surface area contributed by atoms with Crippen LogP contribution in [0.2, 0.25) is 0 Å². The van der Waals surface area contributed by atoms with Crippen molar-refractivity contribution in [2.75, 3.05) is 0 Å². The van der Waals surface area contributed by atoms with Crippen molar-refractivity contribution in [1.29, 1.82) is 0 Å². The first kappa shape index (κ1) is 9.76. The van der Waals surface area contributed by atoms with Crippen LogP contribution in [0.25, 0.3) is 0 Å². The number of rotatable bonds is 0. The molecule has 0 atom stereocenters. The van der Waals surface area contributed by atoms with Crippen molar-refractivity contribution in [2.45, 2.75) is 26.4 Å². The molecule has 68 valence electrons. The molecule has 0 unspecified atom stereocenters. The quantitative estimate of drug-likeness (QED) is 0.606. The molecule has 0 saturated heterocycles. The summed E-state index contributed by atoms with van der Waals surface area (Å²) in [5.74, 6) is 5.52. The first-order valence-corrected chi connectivity index (χ1v) is 4.15. The molecule has 0 saturated carbocycles. The highest BCUT2D eigenvalue weighted by atomic mass is 16.3. The van der Waals surface area contributed by atoms with Gasteiger partial charge in [-0.1, -0.05) is 5.92 Å². The van der Waals surface area contributed by atoms with Gasteiger partial charge in [0, 0.05) is 6.20 Å². The molecule has 1 rings (SSSR count). The van der Waals surface area contributed by atoms with E-state index >= 15 is 0 Å². The van der Waals surface area contributed by atoms with Crippen molar-refractivity contribution < 1.29 is 5.11 Å². The third-order valence-electron chi connectivity index (χ3n) is 1.41. The van der Waals surface area contributed by atoms with Crippen LogP contribution in [0.15, 0.2) is 18.3 Å². The van der Waals surface area contributed by atoms with Crippen LogP contribution < -0.4 is 0 Å². The predicted molar refractivity (Wildman–Crippen MR) is 52.1 cm³/mol. The fourth-order valence-electron chi connectivity index (χ4n) is 0.822. The van der Waals surface area contributed by atoms with Crippen LogP contribution in [-0.2, 0) is 0 Å². The maximum Gasteiger partial charge on any atom is 0.120 e. The zero-order chi connectivity index (χ0) is 9.90. The number of aliphatic hydroxyl groups is 1. The Kier molecular flexibility index (Phi) is 2.69. The van der Waals surface area contributed by atoms with Gasteiger partial charge in [-0.05, 0) is 44.4 Å². The van der Waals surface area contributed by atoms with E-state index in [1.54, 1.807) is 20.0 Å². The lowest BCUT2D eigenvalue weighted by Gasteiger charge is -2.05. The van der Waals surface area contributed by atoms with Crippen LogP contribution in [0.3, 0.4) is 0 Å². The van der Waals surface area contributed by atoms with Crippen molar-refractivity contribution in [3.8, 4) is 11.8 Å². The number of aromatic nitrogens is 1. The second-order valence-electron chi connectivity index (χ2n) is 3.53. The summed E-state index contributed by atoms with van der Waals surface area (Å²) in [5, 5.41) is 9.35. The van der Waals surface area contributed by atoms with Crippen LogP contribution in [0.5, 0.6) is 0 Å². The second kappa shape index (κ2) is 3.59. The summed E-state index contributed by atoms with van der Waals surface area (Å²) in [5.41, 5.74) is 0.864. The molecule has 1 N–H and O–H groups in total. The summed E-state index contributed by atoms with van der Waals surface area (Å²) in [6.45, 7) is 5.28. The van der Waals surface area contributed by atoms with Gasteiger partial charge in [0.05, 0.1) is 0 Å². The lowest BCUT2D eigenvalue weighted by Crippen LogP contribution is -2.14. The van der Waals surface area contributed by atoms with Gasteiger partial charge < -0.3 is 5.11 Å². The molecule has 2 nitrogen and oxygen atoms in total. The highest BCUT2D eigenvalue weighted by Gasteiger charge is 2.05. The summed E-state index contributed by atoms with van der Waals surface area (Å²) >= 11 is 0. The van der Waals surface area contributed by atoms with E-state index in [1.165, 1.54) is 0 Å². The van der Waals surface area contributed by atoms with Crippen molar-refractivity contribution in [3.63, 3.8) is 0 Å². The molecule has 0 radical (unpaired) electrons. The highest BCUT2D eigenvalue weighted by Crippen LogP contribution is 2.00. The van der Waals surface area contributed by atoms with E-state index in [0.29, 0.717) is 5.69 Å². The monoisotopic (exact) mass is 175 g/mol. The molecule has 1 heterocycles. The van der Waals surface area contributed by atoms with Crippen molar-refractivity contribution in [1.82, 2.24) is 4.98 Å². The fourth-order valence-corrected chi connectivity index (χ4v) is 0.822. The van der Waals surface area contributed by atoms with Crippen LogP contribution in [0.4, 0.5) is 0 Å². The summed E-state index contributed by atoms with van der Waals surface area (Å²) in [7, 11) is 0. The van der Waals surface area contributed by atoms with Gasteiger partial charge in [-0.2, -0.15) is 0 Å². The second-order valence-corrected chi connectivity index (χ2v) is 3.53. The number of hydrogen-bond donors (Lipinski definition) is 1. The third-order valence-corrected chi connectivity index (χ3v) is 1.41. The molecule has 0 fully saturated rings. The molecule has 0 bridgehead atoms. The number of nitrogens with zero attached hydrogens (tertiary/aromatic N) is 1.